The summed E-state index contributed by atoms with van der Waals surface area (Å²) < 4.78 is 28.1. The highest BCUT2D eigenvalue weighted by molar-refractivity contribution is 7.89. The van der Waals surface area contributed by atoms with Gasteiger partial charge in [-0.3, -0.25) is 4.98 Å². The van der Waals surface area contributed by atoms with Gasteiger partial charge in [-0.15, -0.1) is 0 Å². The van der Waals surface area contributed by atoms with Crippen LogP contribution in [0.5, 0.6) is 0 Å². The quantitative estimate of drug-likeness (QED) is 0.671. The van der Waals surface area contributed by atoms with Crippen LogP contribution in [0.4, 0.5) is 0 Å². The fourth-order valence-electron chi connectivity index (χ4n) is 2.86. The third-order valence-corrected chi connectivity index (χ3v) is 6.07. The number of fused-ring (bicyclic) bond motifs is 1. The minimum atomic E-state index is -3.63. The van der Waals surface area contributed by atoms with E-state index in [2.05, 4.69) is 9.71 Å². The van der Waals surface area contributed by atoms with Gasteiger partial charge in [-0.2, -0.15) is 0 Å². The normalized spacial score (nSPS) is 14.2. The standard InChI is InChI=1S/C20H23N3O2S/c1-15(20(21)10-7-16-5-3-2-4-6-16)23-26(24,25)19-9-8-18-14-22-12-11-17(18)13-19/h2-6,8-9,11-15,20,23H,7,10,21H2,1H3. The van der Waals surface area contributed by atoms with Crippen molar-refractivity contribution in [3.63, 3.8) is 0 Å². The molecule has 1 heterocycles. The molecule has 0 aliphatic rings. The molecule has 0 amide bonds. The van der Waals surface area contributed by atoms with Crippen molar-refractivity contribution in [1.29, 1.82) is 0 Å². The van der Waals surface area contributed by atoms with Crippen molar-refractivity contribution in [1.82, 2.24) is 9.71 Å². The largest absolute Gasteiger partial charge is 0.326 e. The lowest BCUT2D eigenvalue weighted by Gasteiger charge is -2.21. The van der Waals surface area contributed by atoms with Crippen LogP contribution in [-0.4, -0.2) is 25.5 Å². The number of benzene rings is 2. The number of hydrogen-bond acceptors (Lipinski definition) is 4. The second-order valence-electron chi connectivity index (χ2n) is 6.48. The first-order chi connectivity index (χ1) is 12.5. The van der Waals surface area contributed by atoms with Gasteiger partial charge in [-0.25, -0.2) is 13.1 Å². The first-order valence-electron chi connectivity index (χ1n) is 8.61. The molecule has 2 atom stereocenters. The Morgan fingerprint density at radius 1 is 1.08 bits per heavy atom. The van der Waals surface area contributed by atoms with Crippen LogP contribution in [0.25, 0.3) is 10.8 Å². The Labute approximate surface area is 154 Å². The van der Waals surface area contributed by atoms with Gasteiger partial charge in [-0.05, 0) is 48.9 Å². The van der Waals surface area contributed by atoms with Gasteiger partial charge in [0.25, 0.3) is 0 Å². The van der Waals surface area contributed by atoms with E-state index in [0.717, 1.165) is 17.2 Å². The van der Waals surface area contributed by atoms with Crippen LogP contribution >= 0.6 is 0 Å². The first kappa shape index (κ1) is 18.5. The molecule has 136 valence electrons. The molecule has 0 radical (unpaired) electrons. The van der Waals surface area contributed by atoms with Crippen molar-refractivity contribution < 1.29 is 8.42 Å². The highest BCUT2D eigenvalue weighted by Gasteiger charge is 2.21. The number of hydrogen-bond donors (Lipinski definition) is 2. The summed E-state index contributed by atoms with van der Waals surface area (Å²) in [5.74, 6) is 0. The molecular weight excluding hydrogens is 346 g/mol. The van der Waals surface area contributed by atoms with E-state index in [1.165, 1.54) is 5.56 Å². The molecule has 3 N–H and O–H groups in total. The highest BCUT2D eigenvalue weighted by Crippen LogP contribution is 2.18. The van der Waals surface area contributed by atoms with Crippen LogP contribution in [0.3, 0.4) is 0 Å². The van der Waals surface area contributed by atoms with Gasteiger partial charge in [0.15, 0.2) is 0 Å². The molecule has 0 saturated carbocycles. The molecule has 3 aromatic rings. The van der Waals surface area contributed by atoms with E-state index < -0.39 is 10.0 Å². The highest BCUT2D eigenvalue weighted by atomic mass is 32.2. The zero-order chi connectivity index (χ0) is 18.6. The number of rotatable bonds is 7. The Balaban J connectivity index is 1.67. The second-order valence-corrected chi connectivity index (χ2v) is 8.20. The second kappa shape index (κ2) is 7.95. The summed E-state index contributed by atoms with van der Waals surface area (Å²) in [5, 5.41) is 1.74. The monoisotopic (exact) mass is 369 g/mol. The summed E-state index contributed by atoms with van der Waals surface area (Å²) in [4.78, 5) is 4.27. The zero-order valence-electron chi connectivity index (χ0n) is 14.7. The van der Waals surface area contributed by atoms with Gasteiger partial charge >= 0.3 is 0 Å². The van der Waals surface area contributed by atoms with Crippen LogP contribution in [0.1, 0.15) is 18.9 Å². The molecule has 2 unspecified atom stereocenters. The Hall–Kier alpha value is -2.28. The minimum absolute atomic E-state index is 0.235. The Morgan fingerprint density at radius 2 is 1.85 bits per heavy atom. The number of nitrogens with two attached hydrogens (primary N) is 1. The maximum Gasteiger partial charge on any atom is 0.240 e. The minimum Gasteiger partial charge on any atom is -0.326 e. The van der Waals surface area contributed by atoms with Crippen molar-refractivity contribution in [2.75, 3.05) is 0 Å². The van der Waals surface area contributed by atoms with E-state index in [9.17, 15) is 8.42 Å². The molecule has 0 spiro atoms. The number of aromatic nitrogens is 1. The van der Waals surface area contributed by atoms with Crippen LogP contribution in [0, 0.1) is 0 Å². The Bertz CT molecular complexity index is 975. The van der Waals surface area contributed by atoms with Crippen molar-refractivity contribution in [3.8, 4) is 0 Å². The predicted octanol–water partition coefficient (Wildman–Crippen LogP) is 2.86. The number of aryl methyl sites for hydroxylation is 1. The lowest BCUT2D eigenvalue weighted by molar-refractivity contribution is 0.480. The number of nitrogens with one attached hydrogen (secondary N) is 1. The molecule has 1 aromatic heterocycles. The summed E-state index contributed by atoms with van der Waals surface area (Å²) in [6, 6.07) is 16.2. The van der Waals surface area contributed by atoms with Crippen molar-refractivity contribution in [2.45, 2.75) is 36.7 Å². The maximum atomic E-state index is 12.7. The Kier molecular flexibility index (Phi) is 5.66. The van der Waals surface area contributed by atoms with Gasteiger partial charge in [0, 0.05) is 29.9 Å². The molecule has 26 heavy (non-hydrogen) atoms. The lowest BCUT2D eigenvalue weighted by Crippen LogP contribution is -2.45. The van der Waals surface area contributed by atoms with Crippen LogP contribution in [0.2, 0.25) is 0 Å². The molecular formula is C20H23N3O2S. The first-order valence-corrected chi connectivity index (χ1v) is 10.1. The third-order valence-electron chi connectivity index (χ3n) is 4.51. The van der Waals surface area contributed by atoms with Crippen LogP contribution in [0.15, 0.2) is 71.9 Å². The van der Waals surface area contributed by atoms with Crippen molar-refractivity contribution in [3.05, 3.63) is 72.6 Å². The molecule has 3 rings (SSSR count). The van der Waals surface area contributed by atoms with E-state index in [4.69, 9.17) is 5.73 Å². The summed E-state index contributed by atoms with van der Waals surface area (Å²) in [7, 11) is -3.63. The third kappa shape index (κ3) is 4.46. The number of nitrogens with zero attached hydrogens (tertiary/aromatic N) is 1. The lowest BCUT2D eigenvalue weighted by atomic mass is 10.0. The average molecular weight is 369 g/mol. The number of pyridine rings is 1. The maximum absolute atomic E-state index is 12.7. The fraction of sp³-hybridized carbons (Fsp3) is 0.250. The van der Waals surface area contributed by atoms with E-state index >= 15 is 0 Å². The van der Waals surface area contributed by atoms with Crippen molar-refractivity contribution >= 4 is 20.8 Å². The smallest absolute Gasteiger partial charge is 0.240 e. The van der Waals surface area contributed by atoms with E-state index in [1.54, 1.807) is 43.6 Å². The molecule has 0 aliphatic heterocycles. The molecule has 6 heteroatoms. The predicted molar refractivity (Wildman–Crippen MR) is 104 cm³/mol. The molecule has 0 fully saturated rings. The zero-order valence-corrected chi connectivity index (χ0v) is 15.5. The van der Waals surface area contributed by atoms with E-state index in [0.29, 0.717) is 6.42 Å². The SMILES string of the molecule is CC(NS(=O)(=O)c1ccc2cnccc2c1)C(N)CCc1ccccc1. The number of sulfonamides is 1. The molecule has 5 nitrogen and oxygen atoms in total. The topological polar surface area (TPSA) is 85.1 Å². The van der Waals surface area contributed by atoms with Gasteiger partial charge in [0.1, 0.15) is 0 Å². The van der Waals surface area contributed by atoms with Gasteiger partial charge < -0.3 is 5.73 Å². The molecule has 0 saturated heterocycles. The summed E-state index contributed by atoms with van der Waals surface area (Å²) in [6.07, 6.45) is 4.88. The molecule has 0 bridgehead atoms. The average Bonchev–Trinajstić information content (AvgIpc) is 2.66. The summed E-state index contributed by atoms with van der Waals surface area (Å²) in [6.45, 7) is 1.80. The van der Waals surface area contributed by atoms with Crippen molar-refractivity contribution in [2.24, 2.45) is 5.73 Å². The molecule has 2 aromatic carbocycles. The fourth-order valence-corrected chi connectivity index (χ4v) is 4.19. The van der Waals surface area contributed by atoms with Crippen LogP contribution in [-0.2, 0) is 16.4 Å². The van der Waals surface area contributed by atoms with Gasteiger partial charge in [0.2, 0.25) is 10.0 Å². The molecule has 0 aliphatic carbocycles. The summed E-state index contributed by atoms with van der Waals surface area (Å²) in [5.41, 5.74) is 7.40. The van der Waals surface area contributed by atoms with Crippen LogP contribution < -0.4 is 10.5 Å². The Morgan fingerprint density at radius 3 is 2.62 bits per heavy atom. The van der Waals surface area contributed by atoms with E-state index in [-0.39, 0.29) is 17.0 Å². The van der Waals surface area contributed by atoms with E-state index in [1.807, 2.05) is 30.3 Å². The van der Waals surface area contributed by atoms with Gasteiger partial charge in [-0.1, -0.05) is 36.4 Å². The summed E-state index contributed by atoms with van der Waals surface area (Å²) >= 11 is 0. The van der Waals surface area contributed by atoms with Gasteiger partial charge in [0.05, 0.1) is 4.90 Å².